The molecule has 28 heavy (non-hydrogen) atoms. The fraction of sp³-hybridized carbons (Fsp3) is 0.227. The molecule has 0 fully saturated rings. The van der Waals surface area contributed by atoms with Crippen LogP contribution in [0.3, 0.4) is 0 Å². The molecule has 0 spiro atoms. The van der Waals surface area contributed by atoms with Crippen LogP contribution < -0.4 is 10.6 Å². The third-order valence-corrected chi connectivity index (χ3v) is 4.60. The SMILES string of the molecule is CCc1c(C(=O)NCC(=O)Nc2c(C)cccc2C)cnn1-c1ccccc1. The van der Waals surface area contributed by atoms with Crippen molar-refractivity contribution in [2.45, 2.75) is 27.2 Å². The van der Waals surface area contributed by atoms with Gasteiger partial charge in [-0.05, 0) is 43.5 Å². The van der Waals surface area contributed by atoms with E-state index in [1.165, 1.54) is 0 Å². The van der Waals surface area contributed by atoms with Gasteiger partial charge in [0.25, 0.3) is 5.91 Å². The Kier molecular flexibility index (Phi) is 5.89. The molecule has 0 aliphatic heterocycles. The fourth-order valence-electron chi connectivity index (χ4n) is 3.15. The van der Waals surface area contributed by atoms with E-state index < -0.39 is 0 Å². The van der Waals surface area contributed by atoms with Crippen molar-refractivity contribution in [2.75, 3.05) is 11.9 Å². The lowest BCUT2D eigenvalue weighted by molar-refractivity contribution is -0.115. The van der Waals surface area contributed by atoms with Crippen LogP contribution in [0.5, 0.6) is 0 Å². The number of nitrogens with one attached hydrogen (secondary N) is 2. The van der Waals surface area contributed by atoms with E-state index in [0.717, 1.165) is 28.2 Å². The van der Waals surface area contributed by atoms with Crippen molar-refractivity contribution in [3.05, 3.63) is 77.1 Å². The Bertz CT molecular complexity index is 973. The van der Waals surface area contributed by atoms with Crippen LogP contribution in [0, 0.1) is 13.8 Å². The van der Waals surface area contributed by atoms with Crippen molar-refractivity contribution in [1.82, 2.24) is 15.1 Å². The lowest BCUT2D eigenvalue weighted by atomic mass is 10.1. The Hall–Kier alpha value is -3.41. The number of hydrogen-bond acceptors (Lipinski definition) is 3. The standard InChI is InChI=1S/C22H24N4O2/c1-4-19-18(13-24-26(19)17-11-6-5-7-12-17)22(28)23-14-20(27)25-21-15(2)9-8-10-16(21)3/h5-13H,4,14H2,1-3H3,(H,23,28)(H,25,27). The third kappa shape index (κ3) is 4.11. The number of amides is 2. The van der Waals surface area contributed by atoms with Crippen LogP contribution in [0.25, 0.3) is 5.69 Å². The van der Waals surface area contributed by atoms with Gasteiger partial charge in [0, 0.05) is 5.69 Å². The highest BCUT2D eigenvalue weighted by Crippen LogP contribution is 2.19. The average Bonchev–Trinajstić information content (AvgIpc) is 3.14. The Morgan fingerprint density at radius 2 is 1.68 bits per heavy atom. The summed E-state index contributed by atoms with van der Waals surface area (Å²) in [5, 5.41) is 9.92. The lowest BCUT2D eigenvalue weighted by Gasteiger charge is -2.12. The highest BCUT2D eigenvalue weighted by molar-refractivity contribution is 6.00. The van der Waals surface area contributed by atoms with Crippen LogP contribution >= 0.6 is 0 Å². The smallest absolute Gasteiger partial charge is 0.255 e. The van der Waals surface area contributed by atoms with Crippen LogP contribution in [0.2, 0.25) is 0 Å². The summed E-state index contributed by atoms with van der Waals surface area (Å²) in [7, 11) is 0. The molecule has 3 rings (SSSR count). The maximum absolute atomic E-state index is 12.6. The van der Waals surface area contributed by atoms with E-state index in [4.69, 9.17) is 0 Å². The maximum atomic E-state index is 12.6. The second-order valence-electron chi connectivity index (χ2n) is 6.60. The molecule has 0 aliphatic carbocycles. The molecule has 0 aliphatic rings. The van der Waals surface area contributed by atoms with Gasteiger partial charge in [-0.3, -0.25) is 9.59 Å². The van der Waals surface area contributed by atoms with Crippen LogP contribution in [0.15, 0.2) is 54.7 Å². The van der Waals surface area contributed by atoms with Gasteiger partial charge in [0.15, 0.2) is 0 Å². The lowest BCUT2D eigenvalue weighted by Crippen LogP contribution is -2.33. The molecule has 0 bridgehead atoms. The van der Waals surface area contributed by atoms with Crippen molar-refractivity contribution < 1.29 is 9.59 Å². The maximum Gasteiger partial charge on any atom is 0.255 e. The molecule has 0 atom stereocenters. The molecule has 0 radical (unpaired) electrons. The molecular weight excluding hydrogens is 352 g/mol. The van der Waals surface area contributed by atoms with Crippen LogP contribution in [-0.4, -0.2) is 28.1 Å². The predicted molar refractivity (Wildman–Crippen MR) is 110 cm³/mol. The number of aromatic nitrogens is 2. The second kappa shape index (κ2) is 8.52. The van der Waals surface area contributed by atoms with E-state index in [9.17, 15) is 9.59 Å². The number of hydrogen-bond donors (Lipinski definition) is 2. The average molecular weight is 376 g/mol. The number of carbonyl (C=O) groups is 2. The summed E-state index contributed by atoms with van der Waals surface area (Å²) < 4.78 is 1.76. The normalized spacial score (nSPS) is 10.5. The van der Waals surface area contributed by atoms with Crippen molar-refractivity contribution in [3.63, 3.8) is 0 Å². The zero-order chi connectivity index (χ0) is 20.1. The van der Waals surface area contributed by atoms with Crippen LogP contribution in [0.4, 0.5) is 5.69 Å². The Morgan fingerprint density at radius 1 is 1.00 bits per heavy atom. The highest BCUT2D eigenvalue weighted by Gasteiger charge is 2.18. The van der Waals surface area contributed by atoms with E-state index >= 15 is 0 Å². The molecule has 2 amide bonds. The van der Waals surface area contributed by atoms with E-state index in [1.54, 1.807) is 10.9 Å². The molecular formula is C22H24N4O2. The highest BCUT2D eigenvalue weighted by atomic mass is 16.2. The van der Waals surface area contributed by atoms with Crippen LogP contribution in [-0.2, 0) is 11.2 Å². The summed E-state index contributed by atoms with van der Waals surface area (Å²) in [4.78, 5) is 24.9. The molecule has 6 heteroatoms. The Labute approximate surface area is 164 Å². The minimum Gasteiger partial charge on any atom is -0.343 e. The molecule has 1 aromatic heterocycles. The first-order chi connectivity index (χ1) is 13.5. The summed E-state index contributed by atoms with van der Waals surface area (Å²) in [6.45, 7) is 5.74. The molecule has 3 aromatic rings. The predicted octanol–water partition coefficient (Wildman–Crippen LogP) is 3.42. The zero-order valence-electron chi connectivity index (χ0n) is 16.3. The van der Waals surface area contributed by atoms with Crippen molar-refractivity contribution in [2.24, 2.45) is 0 Å². The minimum absolute atomic E-state index is 0.105. The topological polar surface area (TPSA) is 76.0 Å². The van der Waals surface area contributed by atoms with E-state index in [2.05, 4.69) is 15.7 Å². The first kappa shape index (κ1) is 19.4. The fourth-order valence-corrected chi connectivity index (χ4v) is 3.15. The summed E-state index contributed by atoms with van der Waals surface area (Å²) >= 11 is 0. The summed E-state index contributed by atoms with van der Waals surface area (Å²) in [6, 6.07) is 15.5. The monoisotopic (exact) mass is 376 g/mol. The molecule has 2 N–H and O–H groups in total. The molecule has 144 valence electrons. The van der Waals surface area contributed by atoms with E-state index in [1.807, 2.05) is 69.3 Å². The van der Waals surface area contributed by atoms with Crippen molar-refractivity contribution in [1.29, 1.82) is 0 Å². The van der Waals surface area contributed by atoms with Crippen molar-refractivity contribution >= 4 is 17.5 Å². The van der Waals surface area contributed by atoms with E-state index in [-0.39, 0.29) is 18.4 Å². The summed E-state index contributed by atoms with van der Waals surface area (Å²) in [6.07, 6.45) is 2.19. The van der Waals surface area contributed by atoms with Gasteiger partial charge in [0.1, 0.15) is 0 Å². The number of nitrogens with zero attached hydrogens (tertiary/aromatic N) is 2. The first-order valence-corrected chi connectivity index (χ1v) is 9.27. The zero-order valence-corrected chi connectivity index (χ0v) is 16.3. The molecule has 0 unspecified atom stereocenters. The molecule has 6 nitrogen and oxygen atoms in total. The van der Waals surface area contributed by atoms with Gasteiger partial charge >= 0.3 is 0 Å². The number of carbonyl (C=O) groups excluding carboxylic acids is 2. The van der Waals surface area contributed by atoms with Gasteiger partial charge in [-0.1, -0.05) is 43.3 Å². The minimum atomic E-state index is -0.310. The van der Waals surface area contributed by atoms with Gasteiger partial charge < -0.3 is 10.6 Å². The largest absolute Gasteiger partial charge is 0.343 e. The number of benzene rings is 2. The van der Waals surface area contributed by atoms with Crippen LogP contribution in [0.1, 0.15) is 34.1 Å². The number of aryl methyl sites for hydroxylation is 2. The Balaban J connectivity index is 1.68. The number of para-hydroxylation sites is 2. The van der Waals surface area contributed by atoms with Gasteiger partial charge in [-0.25, -0.2) is 4.68 Å². The van der Waals surface area contributed by atoms with Gasteiger partial charge in [-0.15, -0.1) is 0 Å². The third-order valence-electron chi connectivity index (χ3n) is 4.60. The summed E-state index contributed by atoms with van der Waals surface area (Å²) in [5.74, 6) is -0.574. The van der Waals surface area contributed by atoms with Gasteiger partial charge in [-0.2, -0.15) is 5.10 Å². The molecule has 1 heterocycles. The second-order valence-corrected chi connectivity index (χ2v) is 6.60. The number of anilines is 1. The van der Waals surface area contributed by atoms with Gasteiger partial charge in [0.05, 0.1) is 29.7 Å². The van der Waals surface area contributed by atoms with E-state index in [0.29, 0.717) is 12.0 Å². The Morgan fingerprint density at radius 3 is 2.32 bits per heavy atom. The quantitative estimate of drug-likeness (QED) is 0.692. The summed E-state index contributed by atoms with van der Waals surface area (Å²) in [5.41, 5.74) is 4.93. The van der Waals surface area contributed by atoms with Crippen molar-refractivity contribution in [3.8, 4) is 5.69 Å². The molecule has 0 saturated heterocycles. The molecule has 0 saturated carbocycles. The van der Waals surface area contributed by atoms with Gasteiger partial charge in [0.2, 0.25) is 5.91 Å². The first-order valence-electron chi connectivity index (χ1n) is 9.27. The molecule has 2 aromatic carbocycles. The number of rotatable bonds is 6.